The number of benzene rings is 1. The van der Waals surface area contributed by atoms with Crippen LogP contribution >= 0.6 is 0 Å². The number of carbonyl (C=O) groups excluding carboxylic acids is 1. The second-order valence-corrected chi connectivity index (χ2v) is 2.41. The van der Waals surface area contributed by atoms with Crippen molar-refractivity contribution in [3.05, 3.63) is 35.4 Å². The molecule has 0 amide bonds. The minimum absolute atomic E-state index is 0.0932. The van der Waals surface area contributed by atoms with Crippen molar-refractivity contribution in [2.24, 2.45) is 0 Å². The Hall–Kier alpha value is -1.45. The molecule has 0 saturated carbocycles. The van der Waals surface area contributed by atoms with Crippen LogP contribution in [0, 0.1) is 0 Å². The predicted molar refractivity (Wildman–Crippen MR) is 42.3 cm³/mol. The third-order valence-electron chi connectivity index (χ3n) is 1.60. The van der Waals surface area contributed by atoms with Crippen LogP contribution in [0.15, 0.2) is 24.3 Å². The van der Waals surface area contributed by atoms with Gasteiger partial charge in [0.25, 0.3) is 12.9 Å². The van der Waals surface area contributed by atoms with Crippen LogP contribution in [0.5, 0.6) is 0 Å². The van der Waals surface area contributed by atoms with Crippen molar-refractivity contribution in [1.29, 1.82) is 0 Å². The Balaban J connectivity index is 2.84. The first-order valence-corrected chi connectivity index (χ1v) is 3.67. The van der Waals surface area contributed by atoms with Crippen molar-refractivity contribution in [3.63, 3.8) is 0 Å². The minimum Gasteiger partial charge on any atom is -0.463 e. The highest BCUT2D eigenvalue weighted by atomic mass is 19.3. The molecule has 0 heterocycles. The Morgan fingerprint density at radius 2 is 2.08 bits per heavy atom. The summed E-state index contributed by atoms with van der Waals surface area (Å²) >= 11 is 0. The first-order valence-electron chi connectivity index (χ1n) is 3.67. The molecule has 0 N–H and O–H groups in total. The fourth-order valence-electron chi connectivity index (χ4n) is 1.00. The van der Waals surface area contributed by atoms with Gasteiger partial charge in [0.2, 0.25) is 0 Å². The summed E-state index contributed by atoms with van der Waals surface area (Å²) in [6.45, 7) is 0.131. The third-order valence-corrected chi connectivity index (χ3v) is 1.60. The molecule has 0 aliphatic carbocycles. The number of hydrogen-bond donors (Lipinski definition) is 0. The maximum Gasteiger partial charge on any atom is 0.293 e. The van der Waals surface area contributed by atoms with Gasteiger partial charge in [0.05, 0.1) is 0 Å². The SMILES string of the molecule is O=COCc1ccccc1C(F)F. The van der Waals surface area contributed by atoms with Crippen LogP contribution in [-0.4, -0.2) is 6.47 Å². The highest BCUT2D eigenvalue weighted by Crippen LogP contribution is 2.22. The molecule has 0 spiro atoms. The molecule has 0 atom stereocenters. The lowest BCUT2D eigenvalue weighted by Gasteiger charge is -2.06. The molecule has 4 heteroatoms. The molecule has 0 fully saturated rings. The maximum absolute atomic E-state index is 12.3. The van der Waals surface area contributed by atoms with E-state index in [0.717, 1.165) is 0 Å². The zero-order chi connectivity index (χ0) is 9.68. The normalized spacial score (nSPS) is 10.1. The molecule has 0 radical (unpaired) electrons. The van der Waals surface area contributed by atoms with E-state index in [-0.39, 0.29) is 18.6 Å². The van der Waals surface area contributed by atoms with E-state index < -0.39 is 6.43 Å². The summed E-state index contributed by atoms with van der Waals surface area (Å²) in [6.07, 6.45) is -2.54. The van der Waals surface area contributed by atoms with Gasteiger partial charge in [-0.2, -0.15) is 0 Å². The molecule has 0 unspecified atom stereocenters. The molecular formula is C9H8F2O2. The van der Waals surface area contributed by atoms with E-state index in [1.165, 1.54) is 18.2 Å². The molecule has 70 valence electrons. The van der Waals surface area contributed by atoms with Gasteiger partial charge in [-0.25, -0.2) is 8.78 Å². The zero-order valence-corrected chi connectivity index (χ0v) is 6.74. The highest BCUT2D eigenvalue weighted by Gasteiger charge is 2.11. The van der Waals surface area contributed by atoms with Crippen LogP contribution in [0.1, 0.15) is 17.6 Å². The van der Waals surface area contributed by atoms with Gasteiger partial charge < -0.3 is 4.74 Å². The van der Waals surface area contributed by atoms with Crippen LogP contribution in [0.25, 0.3) is 0 Å². The maximum atomic E-state index is 12.3. The lowest BCUT2D eigenvalue weighted by atomic mass is 10.1. The summed E-state index contributed by atoms with van der Waals surface area (Å²) in [7, 11) is 0. The lowest BCUT2D eigenvalue weighted by molar-refractivity contribution is -0.129. The van der Waals surface area contributed by atoms with Gasteiger partial charge in [-0.15, -0.1) is 0 Å². The van der Waals surface area contributed by atoms with Gasteiger partial charge in [-0.05, 0) is 5.56 Å². The van der Waals surface area contributed by atoms with Crippen molar-refractivity contribution in [2.75, 3.05) is 0 Å². The smallest absolute Gasteiger partial charge is 0.293 e. The summed E-state index contributed by atoms with van der Waals surface area (Å²) in [4.78, 5) is 9.85. The van der Waals surface area contributed by atoms with Gasteiger partial charge >= 0.3 is 0 Å². The zero-order valence-electron chi connectivity index (χ0n) is 6.74. The van der Waals surface area contributed by atoms with Crippen molar-refractivity contribution in [2.45, 2.75) is 13.0 Å². The summed E-state index contributed by atoms with van der Waals surface area (Å²) in [5.74, 6) is 0. The number of rotatable bonds is 4. The van der Waals surface area contributed by atoms with Crippen molar-refractivity contribution in [3.8, 4) is 0 Å². The first-order chi connectivity index (χ1) is 6.25. The van der Waals surface area contributed by atoms with Gasteiger partial charge in [0, 0.05) is 5.56 Å². The number of ether oxygens (including phenoxy) is 1. The largest absolute Gasteiger partial charge is 0.463 e. The van der Waals surface area contributed by atoms with E-state index in [0.29, 0.717) is 5.56 Å². The molecule has 0 aliphatic rings. The minimum atomic E-state index is -2.54. The summed E-state index contributed by atoms with van der Waals surface area (Å²) < 4.78 is 29.0. The molecule has 1 aromatic carbocycles. The van der Waals surface area contributed by atoms with Crippen LogP contribution in [0.3, 0.4) is 0 Å². The fourth-order valence-corrected chi connectivity index (χ4v) is 1.00. The summed E-state index contributed by atoms with van der Waals surface area (Å²) in [5.41, 5.74) is 0.244. The second kappa shape index (κ2) is 4.54. The molecule has 0 aromatic heterocycles. The van der Waals surface area contributed by atoms with Crippen molar-refractivity contribution in [1.82, 2.24) is 0 Å². The number of carbonyl (C=O) groups is 1. The van der Waals surface area contributed by atoms with Gasteiger partial charge in [-0.1, -0.05) is 24.3 Å². The van der Waals surface area contributed by atoms with Crippen molar-refractivity contribution < 1.29 is 18.3 Å². The molecule has 1 aromatic rings. The van der Waals surface area contributed by atoms with E-state index in [2.05, 4.69) is 4.74 Å². The number of alkyl halides is 2. The van der Waals surface area contributed by atoms with Gasteiger partial charge in [-0.3, -0.25) is 4.79 Å². The standard InChI is InChI=1S/C9H8F2O2/c10-9(11)8-4-2-1-3-7(8)5-13-6-12/h1-4,6,9H,5H2. The Labute approximate surface area is 74.1 Å². The molecule has 0 bridgehead atoms. The monoisotopic (exact) mass is 186 g/mol. The molecule has 1 rings (SSSR count). The van der Waals surface area contributed by atoms with E-state index in [1.54, 1.807) is 6.07 Å². The quantitative estimate of drug-likeness (QED) is 0.674. The molecular weight excluding hydrogens is 178 g/mol. The summed E-state index contributed by atoms with van der Waals surface area (Å²) in [6, 6.07) is 5.96. The Kier molecular flexibility index (Phi) is 3.37. The van der Waals surface area contributed by atoms with E-state index in [1.807, 2.05) is 0 Å². The molecule has 13 heavy (non-hydrogen) atoms. The van der Waals surface area contributed by atoms with E-state index in [4.69, 9.17) is 0 Å². The van der Waals surface area contributed by atoms with Crippen LogP contribution in [0.2, 0.25) is 0 Å². The van der Waals surface area contributed by atoms with Crippen LogP contribution in [0.4, 0.5) is 8.78 Å². The number of halogens is 2. The molecule has 0 saturated heterocycles. The summed E-state index contributed by atoms with van der Waals surface area (Å²) in [5, 5.41) is 0. The van der Waals surface area contributed by atoms with Crippen molar-refractivity contribution >= 4 is 6.47 Å². The predicted octanol–water partition coefficient (Wildman–Crippen LogP) is 2.30. The van der Waals surface area contributed by atoms with E-state index >= 15 is 0 Å². The van der Waals surface area contributed by atoms with Gasteiger partial charge in [0.1, 0.15) is 6.61 Å². The third kappa shape index (κ3) is 2.50. The lowest BCUT2D eigenvalue weighted by Crippen LogP contribution is -1.96. The number of hydrogen-bond acceptors (Lipinski definition) is 2. The van der Waals surface area contributed by atoms with Crippen LogP contribution < -0.4 is 0 Å². The fraction of sp³-hybridized carbons (Fsp3) is 0.222. The average molecular weight is 186 g/mol. The molecule has 0 aliphatic heterocycles. The average Bonchev–Trinajstić information content (AvgIpc) is 2.15. The molecule has 2 nitrogen and oxygen atoms in total. The van der Waals surface area contributed by atoms with Crippen LogP contribution in [-0.2, 0) is 16.1 Å². The Bertz CT molecular complexity index is 287. The topological polar surface area (TPSA) is 26.3 Å². The Morgan fingerprint density at radius 1 is 1.38 bits per heavy atom. The first kappa shape index (κ1) is 9.64. The van der Waals surface area contributed by atoms with E-state index in [9.17, 15) is 13.6 Å². The van der Waals surface area contributed by atoms with Gasteiger partial charge in [0.15, 0.2) is 0 Å². The highest BCUT2D eigenvalue weighted by molar-refractivity contribution is 5.38. The second-order valence-electron chi connectivity index (χ2n) is 2.41. The Morgan fingerprint density at radius 3 is 2.69 bits per heavy atom.